The van der Waals surface area contributed by atoms with Gasteiger partial charge in [0, 0.05) is 29.4 Å². The van der Waals surface area contributed by atoms with Crippen molar-refractivity contribution >= 4 is 17.4 Å². The Morgan fingerprint density at radius 1 is 0.970 bits per heavy atom. The second-order valence-electron chi connectivity index (χ2n) is 9.61. The fourth-order valence-electron chi connectivity index (χ4n) is 4.07. The van der Waals surface area contributed by atoms with Crippen LogP contribution in [-0.4, -0.2) is 34.6 Å². The topological polar surface area (TPSA) is 35.5 Å². The molecule has 0 radical (unpaired) electrons. The van der Waals surface area contributed by atoms with Crippen LogP contribution in [0.4, 0.5) is 5.69 Å². The Morgan fingerprint density at radius 2 is 1.52 bits per heavy atom. The molecular weight excluding hydrogens is 424 g/mol. The summed E-state index contributed by atoms with van der Waals surface area (Å²) in [6, 6.07) is 1.99. The third-order valence-electron chi connectivity index (χ3n) is 6.62. The van der Waals surface area contributed by atoms with Crippen LogP contribution in [0.3, 0.4) is 0 Å². The van der Waals surface area contributed by atoms with Gasteiger partial charge in [0.05, 0.1) is 6.54 Å². The van der Waals surface area contributed by atoms with Crippen LogP contribution in [0.2, 0.25) is 0 Å². The minimum Gasteiger partial charge on any atom is -0.507 e. The number of nitrogens with zero attached hydrogens (tertiary/aromatic N) is 1. The van der Waals surface area contributed by atoms with E-state index >= 15 is 0 Å². The van der Waals surface area contributed by atoms with Crippen LogP contribution in [-0.2, 0) is 0 Å². The molecule has 0 saturated heterocycles. The lowest BCUT2D eigenvalue weighted by molar-refractivity contribution is 0.446. The number of phenolic OH excluding ortho intramolecular Hbond substituents is 1. The van der Waals surface area contributed by atoms with E-state index < -0.39 is 0 Å². The van der Waals surface area contributed by atoms with E-state index in [9.17, 15) is 5.11 Å². The fourth-order valence-corrected chi connectivity index (χ4v) is 5.17. The standard InChI is InChI=1S/C29H50N2OS/c1-9-10-11-12-13-14-15-16-17-18-19-33-27(7)26(6)31(8)21-23(3)30-28-20-22(2)29(32)25(5)24(28)4/h20,27,30,32H,3,6,9-19,21H2,1-2,4-5,7-8H3. The number of hydrogen-bond donors (Lipinski definition) is 2. The van der Waals surface area contributed by atoms with E-state index in [0.29, 0.717) is 17.5 Å². The van der Waals surface area contributed by atoms with Crippen molar-refractivity contribution in [3.63, 3.8) is 0 Å². The van der Waals surface area contributed by atoms with Crippen LogP contribution >= 0.6 is 11.8 Å². The van der Waals surface area contributed by atoms with E-state index in [2.05, 4.69) is 44.3 Å². The van der Waals surface area contributed by atoms with Crippen LogP contribution in [0.25, 0.3) is 0 Å². The molecule has 0 amide bonds. The highest BCUT2D eigenvalue weighted by Gasteiger charge is 2.14. The van der Waals surface area contributed by atoms with Gasteiger partial charge < -0.3 is 15.3 Å². The predicted molar refractivity (Wildman–Crippen MR) is 151 cm³/mol. The van der Waals surface area contributed by atoms with Gasteiger partial charge in [0.25, 0.3) is 0 Å². The maximum atomic E-state index is 10.1. The second-order valence-corrected chi connectivity index (χ2v) is 11.1. The average molecular weight is 475 g/mol. The summed E-state index contributed by atoms with van der Waals surface area (Å²) in [5.41, 5.74) is 5.93. The zero-order chi connectivity index (χ0) is 24.8. The summed E-state index contributed by atoms with van der Waals surface area (Å²) in [4.78, 5) is 2.20. The van der Waals surface area contributed by atoms with Gasteiger partial charge in [0.15, 0.2) is 0 Å². The molecule has 2 N–H and O–H groups in total. The van der Waals surface area contributed by atoms with Gasteiger partial charge in [-0.15, -0.1) is 0 Å². The Hall–Kier alpha value is -1.55. The number of anilines is 1. The number of thioether (sulfide) groups is 1. The van der Waals surface area contributed by atoms with Crippen molar-refractivity contribution in [3.8, 4) is 5.75 Å². The first-order valence-electron chi connectivity index (χ1n) is 12.9. The van der Waals surface area contributed by atoms with Crippen LogP contribution in [0.15, 0.2) is 30.6 Å². The molecule has 4 heteroatoms. The number of hydrogen-bond acceptors (Lipinski definition) is 4. The molecule has 33 heavy (non-hydrogen) atoms. The zero-order valence-corrected chi connectivity index (χ0v) is 23.2. The van der Waals surface area contributed by atoms with Crippen LogP contribution < -0.4 is 5.32 Å². The molecule has 1 atom stereocenters. The molecule has 0 aromatic heterocycles. The number of unbranched alkanes of at least 4 members (excludes halogenated alkanes) is 9. The van der Waals surface area contributed by atoms with Crippen LogP contribution in [0.1, 0.15) is 94.7 Å². The number of aromatic hydroxyl groups is 1. The summed E-state index contributed by atoms with van der Waals surface area (Å²) in [5.74, 6) is 1.58. The summed E-state index contributed by atoms with van der Waals surface area (Å²) in [7, 11) is 2.09. The predicted octanol–water partition coefficient (Wildman–Crippen LogP) is 8.73. The molecule has 1 aromatic rings. The average Bonchev–Trinajstić information content (AvgIpc) is 2.78. The van der Waals surface area contributed by atoms with Crippen molar-refractivity contribution in [1.29, 1.82) is 0 Å². The molecular formula is C29H50N2OS. The van der Waals surface area contributed by atoms with E-state index in [0.717, 1.165) is 33.8 Å². The van der Waals surface area contributed by atoms with Gasteiger partial charge in [-0.25, -0.2) is 0 Å². The van der Waals surface area contributed by atoms with Gasteiger partial charge >= 0.3 is 0 Å². The van der Waals surface area contributed by atoms with Crippen molar-refractivity contribution in [2.24, 2.45) is 0 Å². The van der Waals surface area contributed by atoms with Gasteiger partial charge in [-0.3, -0.25) is 0 Å². The number of aryl methyl sites for hydroxylation is 1. The Labute approximate surface area is 209 Å². The van der Waals surface area contributed by atoms with Gasteiger partial charge in [0.2, 0.25) is 0 Å². The van der Waals surface area contributed by atoms with Crippen molar-refractivity contribution in [2.45, 2.75) is 104 Å². The molecule has 0 aliphatic heterocycles. The minimum absolute atomic E-state index is 0.377. The number of benzene rings is 1. The Kier molecular flexibility index (Phi) is 14.4. The first kappa shape index (κ1) is 29.5. The molecule has 1 rings (SSSR count). The minimum atomic E-state index is 0.377. The van der Waals surface area contributed by atoms with E-state index in [4.69, 9.17) is 0 Å². The molecule has 1 unspecified atom stereocenters. The third kappa shape index (κ3) is 10.9. The largest absolute Gasteiger partial charge is 0.507 e. The van der Waals surface area contributed by atoms with Crippen molar-refractivity contribution in [2.75, 3.05) is 24.7 Å². The maximum absolute atomic E-state index is 10.1. The van der Waals surface area contributed by atoms with E-state index in [-0.39, 0.29) is 0 Å². The quantitative estimate of drug-likeness (QED) is 0.165. The SMILES string of the molecule is C=C(CN(C)C(=C)C(C)SCCCCCCCCCCCC)Nc1cc(C)c(O)c(C)c1C. The Balaban J connectivity index is 2.27. The van der Waals surface area contributed by atoms with Gasteiger partial charge in [0.1, 0.15) is 5.75 Å². The highest BCUT2D eigenvalue weighted by atomic mass is 32.2. The Morgan fingerprint density at radius 3 is 2.09 bits per heavy atom. The van der Waals surface area contributed by atoms with Crippen molar-refractivity contribution in [3.05, 3.63) is 47.3 Å². The first-order valence-corrected chi connectivity index (χ1v) is 14.0. The monoisotopic (exact) mass is 474 g/mol. The molecule has 0 bridgehead atoms. The molecule has 0 spiro atoms. The number of rotatable bonds is 18. The van der Waals surface area contributed by atoms with E-state index in [1.807, 2.05) is 38.6 Å². The van der Waals surface area contributed by atoms with Crippen molar-refractivity contribution in [1.82, 2.24) is 4.90 Å². The van der Waals surface area contributed by atoms with Gasteiger partial charge in [-0.05, 0) is 62.6 Å². The van der Waals surface area contributed by atoms with Crippen LogP contribution in [0.5, 0.6) is 5.75 Å². The highest BCUT2D eigenvalue weighted by Crippen LogP contribution is 2.31. The summed E-state index contributed by atoms with van der Waals surface area (Å²) < 4.78 is 0. The third-order valence-corrected chi connectivity index (χ3v) is 7.92. The molecule has 0 aliphatic carbocycles. The van der Waals surface area contributed by atoms with Gasteiger partial charge in [-0.1, -0.05) is 77.9 Å². The number of likely N-dealkylation sites (N-methyl/N-ethyl adjacent to an activating group) is 1. The normalized spacial score (nSPS) is 11.9. The maximum Gasteiger partial charge on any atom is 0.121 e. The summed E-state index contributed by atoms with van der Waals surface area (Å²) >= 11 is 2.01. The molecule has 0 fully saturated rings. The molecule has 3 nitrogen and oxygen atoms in total. The van der Waals surface area contributed by atoms with E-state index in [1.54, 1.807) is 0 Å². The molecule has 0 aliphatic rings. The summed E-state index contributed by atoms with van der Waals surface area (Å²) in [5, 5.41) is 14.0. The fraction of sp³-hybridized carbons (Fsp3) is 0.655. The van der Waals surface area contributed by atoms with Crippen LogP contribution in [0, 0.1) is 20.8 Å². The van der Waals surface area contributed by atoms with E-state index in [1.165, 1.54) is 70.0 Å². The zero-order valence-electron chi connectivity index (χ0n) is 22.4. The lowest BCUT2D eigenvalue weighted by Gasteiger charge is -2.27. The van der Waals surface area contributed by atoms with Gasteiger partial charge in [-0.2, -0.15) is 11.8 Å². The molecule has 188 valence electrons. The number of phenols is 1. The highest BCUT2D eigenvalue weighted by molar-refractivity contribution is 8.00. The smallest absolute Gasteiger partial charge is 0.121 e. The lowest BCUT2D eigenvalue weighted by atomic mass is 10.0. The Bertz CT molecular complexity index is 744. The molecule has 0 heterocycles. The first-order chi connectivity index (χ1) is 15.7. The second kappa shape index (κ2) is 16.1. The summed E-state index contributed by atoms with van der Waals surface area (Å²) in [6.45, 7) is 19.7. The number of nitrogens with one attached hydrogen (secondary N) is 1. The van der Waals surface area contributed by atoms with Crippen molar-refractivity contribution < 1.29 is 5.11 Å². The lowest BCUT2D eigenvalue weighted by Crippen LogP contribution is -2.27. The molecule has 0 saturated carbocycles. The molecule has 1 aromatic carbocycles. The summed E-state index contributed by atoms with van der Waals surface area (Å²) in [6.07, 6.45) is 13.8.